The molecule has 0 aliphatic heterocycles. The van der Waals surface area contributed by atoms with Crippen molar-refractivity contribution in [1.29, 1.82) is 5.26 Å². The van der Waals surface area contributed by atoms with Crippen LogP contribution in [0.2, 0.25) is 0 Å². The quantitative estimate of drug-likeness (QED) is 0.735. The smallest absolute Gasteiger partial charge is 0.238 e. The first kappa shape index (κ1) is 12.1. The Balaban J connectivity index is 2.60. The third kappa shape index (κ3) is 2.04. The summed E-state index contributed by atoms with van der Waals surface area (Å²) in [6.07, 6.45) is 3.01. The number of anilines is 1. The molecule has 0 unspecified atom stereocenters. The van der Waals surface area contributed by atoms with Crippen LogP contribution in [0.1, 0.15) is 5.82 Å². The second-order valence-corrected chi connectivity index (χ2v) is 5.06. The first-order valence-electron chi connectivity index (χ1n) is 4.79. The van der Waals surface area contributed by atoms with Crippen LogP contribution in [0.4, 0.5) is 5.69 Å². The number of primary sulfonamides is 1. The molecule has 0 aliphatic carbocycles. The minimum Gasteiger partial charge on any atom is -0.397 e. The monoisotopic (exact) mass is 263 g/mol. The molecule has 2 aromatic rings. The first-order valence-corrected chi connectivity index (χ1v) is 6.34. The van der Waals surface area contributed by atoms with Crippen LogP contribution in [0.25, 0.3) is 5.69 Å². The molecule has 4 N–H and O–H groups in total. The lowest BCUT2D eigenvalue weighted by Gasteiger charge is -2.08. The molecule has 0 spiro atoms. The SMILES string of the molecule is N#Cc1nccn1-c1ccc(S(N)(=O)=O)cc1N. The van der Waals surface area contributed by atoms with E-state index in [4.69, 9.17) is 16.1 Å². The van der Waals surface area contributed by atoms with Gasteiger partial charge in [-0.05, 0) is 18.2 Å². The summed E-state index contributed by atoms with van der Waals surface area (Å²) in [5.74, 6) is 0.157. The molecule has 7 nitrogen and oxygen atoms in total. The van der Waals surface area contributed by atoms with Crippen LogP contribution in [0.3, 0.4) is 0 Å². The number of nitrogens with zero attached hydrogens (tertiary/aromatic N) is 3. The molecule has 0 radical (unpaired) electrons. The van der Waals surface area contributed by atoms with E-state index >= 15 is 0 Å². The average Bonchev–Trinajstić information content (AvgIpc) is 2.75. The van der Waals surface area contributed by atoms with E-state index in [0.717, 1.165) is 0 Å². The number of imidazole rings is 1. The summed E-state index contributed by atoms with van der Waals surface area (Å²) < 4.78 is 23.8. The minimum atomic E-state index is -3.80. The van der Waals surface area contributed by atoms with E-state index in [9.17, 15) is 8.42 Å². The van der Waals surface area contributed by atoms with Crippen molar-refractivity contribution in [3.63, 3.8) is 0 Å². The minimum absolute atomic E-state index is 0.0811. The third-order valence-electron chi connectivity index (χ3n) is 2.33. The summed E-state index contributed by atoms with van der Waals surface area (Å²) in [5.41, 5.74) is 6.41. The van der Waals surface area contributed by atoms with Gasteiger partial charge in [0.05, 0.1) is 16.3 Å². The van der Waals surface area contributed by atoms with E-state index in [2.05, 4.69) is 4.98 Å². The fourth-order valence-corrected chi connectivity index (χ4v) is 2.06. The molecule has 0 fully saturated rings. The van der Waals surface area contributed by atoms with E-state index < -0.39 is 10.0 Å². The Hall–Kier alpha value is -2.37. The van der Waals surface area contributed by atoms with Crippen molar-refractivity contribution in [3.05, 3.63) is 36.4 Å². The Morgan fingerprint density at radius 1 is 1.39 bits per heavy atom. The highest BCUT2D eigenvalue weighted by atomic mass is 32.2. The molecular weight excluding hydrogens is 254 g/mol. The van der Waals surface area contributed by atoms with Crippen molar-refractivity contribution in [2.45, 2.75) is 4.90 Å². The summed E-state index contributed by atoms with van der Waals surface area (Å²) in [4.78, 5) is 3.75. The van der Waals surface area contributed by atoms with Crippen LogP contribution in [0, 0.1) is 11.3 Å². The van der Waals surface area contributed by atoms with E-state index in [1.165, 1.54) is 29.0 Å². The fraction of sp³-hybridized carbons (Fsp3) is 0. The summed E-state index contributed by atoms with van der Waals surface area (Å²) in [6.45, 7) is 0. The highest BCUT2D eigenvalue weighted by molar-refractivity contribution is 7.89. The van der Waals surface area contributed by atoms with Gasteiger partial charge >= 0.3 is 0 Å². The predicted octanol–water partition coefficient (Wildman–Crippen LogP) is -0.0264. The molecule has 1 aromatic carbocycles. The zero-order chi connectivity index (χ0) is 13.3. The van der Waals surface area contributed by atoms with Gasteiger partial charge in [0.25, 0.3) is 0 Å². The zero-order valence-corrected chi connectivity index (χ0v) is 9.92. The molecule has 8 heteroatoms. The van der Waals surface area contributed by atoms with Crippen LogP contribution in [-0.2, 0) is 10.0 Å². The number of benzene rings is 1. The van der Waals surface area contributed by atoms with Crippen LogP contribution in [0.5, 0.6) is 0 Å². The molecule has 18 heavy (non-hydrogen) atoms. The molecule has 0 aliphatic rings. The number of hydrogen-bond acceptors (Lipinski definition) is 5. The summed E-state index contributed by atoms with van der Waals surface area (Å²) in [7, 11) is -3.80. The van der Waals surface area contributed by atoms with Gasteiger partial charge in [-0.1, -0.05) is 0 Å². The Bertz CT molecular complexity index is 742. The second kappa shape index (κ2) is 4.14. The number of rotatable bonds is 2. The average molecular weight is 263 g/mol. The van der Waals surface area contributed by atoms with Gasteiger partial charge in [0.15, 0.2) is 0 Å². The molecule has 0 saturated heterocycles. The maximum absolute atomic E-state index is 11.2. The molecule has 0 saturated carbocycles. The largest absolute Gasteiger partial charge is 0.397 e. The molecule has 0 bridgehead atoms. The van der Waals surface area contributed by atoms with Crippen molar-refractivity contribution >= 4 is 15.7 Å². The summed E-state index contributed by atoms with van der Waals surface area (Å²) >= 11 is 0. The standard InChI is InChI=1S/C10H9N5O2S/c11-6-10-14-3-4-15(10)9-2-1-7(5-8(9)12)18(13,16)17/h1-5H,12H2,(H2,13,16,17). The van der Waals surface area contributed by atoms with Crippen molar-refractivity contribution in [2.24, 2.45) is 5.14 Å². The number of sulfonamides is 1. The molecule has 92 valence electrons. The Morgan fingerprint density at radius 2 is 2.11 bits per heavy atom. The van der Waals surface area contributed by atoms with Crippen molar-refractivity contribution < 1.29 is 8.42 Å². The fourth-order valence-electron chi connectivity index (χ4n) is 1.51. The van der Waals surface area contributed by atoms with E-state index in [0.29, 0.717) is 5.69 Å². The predicted molar refractivity (Wildman–Crippen MR) is 64.1 cm³/mol. The topological polar surface area (TPSA) is 128 Å². The third-order valence-corrected chi connectivity index (χ3v) is 3.24. The van der Waals surface area contributed by atoms with Crippen molar-refractivity contribution in [2.75, 3.05) is 5.73 Å². The van der Waals surface area contributed by atoms with E-state index in [-0.39, 0.29) is 16.4 Å². The normalized spacial score (nSPS) is 11.1. The van der Waals surface area contributed by atoms with Gasteiger partial charge < -0.3 is 5.73 Å². The van der Waals surface area contributed by atoms with Gasteiger partial charge in [-0.2, -0.15) is 5.26 Å². The van der Waals surface area contributed by atoms with Gasteiger partial charge in [-0.3, -0.25) is 4.57 Å². The second-order valence-electron chi connectivity index (χ2n) is 3.50. The number of nitriles is 1. The summed E-state index contributed by atoms with van der Waals surface area (Å²) in [6, 6.07) is 5.93. The lowest BCUT2D eigenvalue weighted by atomic mass is 10.2. The zero-order valence-electron chi connectivity index (χ0n) is 9.11. The highest BCUT2D eigenvalue weighted by Gasteiger charge is 2.12. The maximum atomic E-state index is 11.2. The van der Waals surface area contributed by atoms with Gasteiger partial charge in [0.1, 0.15) is 6.07 Å². The summed E-state index contributed by atoms with van der Waals surface area (Å²) in [5, 5.41) is 13.8. The lowest BCUT2D eigenvalue weighted by Crippen LogP contribution is -2.13. The van der Waals surface area contributed by atoms with Crippen LogP contribution in [0.15, 0.2) is 35.5 Å². The molecule has 1 heterocycles. The van der Waals surface area contributed by atoms with Crippen LogP contribution >= 0.6 is 0 Å². The van der Waals surface area contributed by atoms with Gasteiger partial charge in [-0.15, -0.1) is 0 Å². The molecular formula is C10H9N5O2S. The van der Waals surface area contributed by atoms with E-state index in [1.54, 1.807) is 6.20 Å². The first-order chi connectivity index (χ1) is 8.43. The maximum Gasteiger partial charge on any atom is 0.238 e. The van der Waals surface area contributed by atoms with Gasteiger partial charge in [0.2, 0.25) is 15.8 Å². The lowest BCUT2D eigenvalue weighted by molar-refractivity contribution is 0.598. The van der Waals surface area contributed by atoms with Crippen molar-refractivity contribution in [3.8, 4) is 11.8 Å². The molecule has 0 amide bonds. The van der Waals surface area contributed by atoms with Crippen molar-refractivity contribution in [1.82, 2.24) is 9.55 Å². The molecule has 1 aromatic heterocycles. The Labute approximate surface area is 103 Å². The molecule has 2 rings (SSSR count). The number of nitrogen functional groups attached to an aromatic ring is 1. The Kier molecular flexibility index (Phi) is 2.78. The number of nitrogens with two attached hydrogens (primary N) is 2. The number of hydrogen-bond donors (Lipinski definition) is 2. The highest BCUT2D eigenvalue weighted by Crippen LogP contribution is 2.21. The molecule has 0 atom stereocenters. The van der Waals surface area contributed by atoms with E-state index in [1.807, 2.05) is 6.07 Å². The van der Waals surface area contributed by atoms with Gasteiger partial charge in [-0.25, -0.2) is 18.5 Å². The van der Waals surface area contributed by atoms with Crippen LogP contribution < -0.4 is 10.9 Å². The van der Waals surface area contributed by atoms with Crippen LogP contribution in [-0.4, -0.2) is 18.0 Å². The Morgan fingerprint density at radius 3 is 2.67 bits per heavy atom. The van der Waals surface area contributed by atoms with Gasteiger partial charge in [0, 0.05) is 12.4 Å². The number of aromatic nitrogens is 2.